The van der Waals surface area contributed by atoms with Gasteiger partial charge in [-0.3, -0.25) is 4.79 Å². The number of rotatable bonds is 5. The minimum absolute atomic E-state index is 0.0269. The molecule has 0 bridgehead atoms. The first-order chi connectivity index (χ1) is 15.2. The van der Waals surface area contributed by atoms with Crippen LogP contribution in [0.25, 0.3) is 11.3 Å². The molecule has 0 aliphatic carbocycles. The Morgan fingerprint density at radius 3 is 2.71 bits per heavy atom. The maximum absolute atomic E-state index is 12.3. The lowest BCUT2D eigenvalue weighted by Gasteiger charge is -2.18. The van der Waals surface area contributed by atoms with Gasteiger partial charge in [-0.15, -0.1) is 0 Å². The maximum atomic E-state index is 12.3. The molecule has 1 atom stereocenters. The number of carbonyl (C=O) groups is 1. The Kier molecular flexibility index (Phi) is 5.50. The zero-order chi connectivity index (χ0) is 21.0. The van der Waals surface area contributed by atoms with Crippen LogP contribution >= 0.6 is 0 Å². The van der Waals surface area contributed by atoms with Crippen LogP contribution in [0, 0.1) is 0 Å². The van der Waals surface area contributed by atoms with Gasteiger partial charge in [-0.1, -0.05) is 12.1 Å². The number of benzene rings is 2. The first-order valence-corrected chi connectivity index (χ1v) is 10.9. The number of aromatic nitrogens is 2. The highest BCUT2D eigenvalue weighted by Crippen LogP contribution is 2.27. The molecule has 4 N–H and O–H groups in total. The molecule has 1 amide bonds. The van der Waals surface area contributed by atoms with Crippen molar-refractivity contribution in [1.82, 2.24) is 15.3 Å². The van der Waals surface area contributed by atoms with E-state index in [4.69, 9.17) is 0 Å². The van der Waals surface area contributed by atoms with Gasteiger partial charge in [-0.25, -0.2) is 9.97 Å². The molecular weight excluding hydrogens is 388 g/mol. The molecule has 158 valence electrons. The highest BCUT2D eigenvalue weighted by atomic mass is 16.2. The maximum Gasteiger partial charge on any atom is 0.241 e. The van der Waals surface area contributed by atoms with Crippen molar-refractivity contribution >= 4 is 28.9 Å². The van der Waals surface area contributed by atoms with Gasteiger partial charge in [-0.2, -0.15) is 0 Å². The van der Waals surface area contributed by atoms with Crippen LogP contribution in [0.15, 0.2) is 54.7 Å². The summed E-state index contributed by atoms with van der Waals surface area (Å²) in [6, 6.07) is 15.9. The van der Waals surface area contributed by atoms with Crippen molar-refractivity contribution in [1.29, 1.82) is 0 Å². The van der Waals surface area contributed by atoms with E-state index in [1.807, 2.05) is 36.4 Å². The number of nitrogens with zero attached hydrogens (tertiary/aromatic N) is 2. The van der Waals surface area contributed by atoms with E-state index < -0.39 is 0 Å². The largest absolute Gasteiger partial charge is 0.385 e. The second-order valence-corrected chi connectivity index (χ2v) is 8.01. The fraction of sp³-hybridized carbons (Fsp3) is 0.292. The first-order valence-electron chi connectivity index (χ1n) is 10.9. The van der Waals surface area contributed by atoms with E-state index in [-0.39, 0.29) is 11.9 Å². The third-order valence-corrected chi connectivity index (χ3v) is 5.78. The topological polar surface area (TPSA) is 91.0 Å². The van der Waals surface area contributed by atoms with E-state index in [1.165, 1.54) is 11.3 Å². The van der Waals surface area contributed by atoms with Gasteiger partial charge < -0.3 is 21.3 Å². The lowest BCUT2D eigenvalue weighted by atomic mass is 10.0. The molecule has 7 heteroatoms. The predicted molar refractivity (Wildman–Crippen MR) is 124 cm³/mol. The van der Waals surface area contributed by atoms with E-state index >= 15 is 0 Å². The van der Waals surface area contributed by atoms with Gasteiger partial charge in [-0.05, 0) is 74.2 Å². The zero-order valence-electron chi connectivity index (χ0n) is 17.3. The molecule has 7 nitrogen and oxygen atoms in total. The molecule has 3 aromatic rings. The summed E-state index contributed by atoms with van der Waals surface area (Å²) in [5, 5.41) is 12.9. The molecule has 1 unspecified atom stereocenters. The lowest BCUT2D eigenvalue weighted by Crippen LogP contribution is -2.35. The van der Waals surface area contributed by atoms with E-state index in [0.29, 0.717) is 5.95 Å². The normalized spacial score (nSPS) is 17.5. The van der Waals surface area contributed by atoms with Crippen LogP contribution in [0.2, 0.25) is 0 Å². The fourth-order valence-electron chi connectivity index (χ4n) is 4.12. The van der Waals surface area contributed by atoms with Crippen molar-refractivity contribution in [2.75, 3.05) is 29.0 Å². The predicted octanol–water partition coefficient (Wildman–Crippen LogP) is 3.94. The standard InChI is InChI=1S/C24H26N6O/c31-23(22-4-2-13-26-22)28-18-7-5-16(6-8-18)21-11-14-27-24(30-21)29-19-9-10-20-17(15-19)3-1-12-25-20/h5-11,14-15,22,25-26H,1-4,12-13H2,(H,28,31)(H,27,29,30). The number of hydrogen-bond donors (Lipinski definition) is 4. The SMILES string of the molecule is O=C(Nc1ccc(-c2ccnc(Nc3ccc4c(c3)CCCN4)n2)cc1)C1CCCN1. The fourth-order valence-corrected chi connectivity index (χ4v) is 4.12. The highest BCUT2D eigenvalue weighted by molar-refractivity contribution is 5.95. The van der Waals surface area contributed by atoms with E-state index in [2.05, 4.69) is 43.4 Å². The van der Waals surface area contributed by atoms with Crippen LogP contribution in [-0.4, -0.2) is 35.0 Å². The van der Waals surface area contributed by atoms with Crippen LogP contribution in [0.4, 0.5) is 23.0 Å². The zero-order valence-corrected chi connectivity index (χ0v) is 17.3. The Bertz CT molecular complexity index is 1080. The molecule has 31 heavy (non-hydrogen) atoms. The summed E-state index contributed by atoms with van der Waals surface area (Å²) >= 11 is 0. The van der Waals surface area contributed by atoms with E-state index in [9.17, 15) is 4.79 Å². The van der Waals surface area contributed by atoms with Crippen molar-refractivity contribution in [3.8, 4) is 11.3 Å². The minimum atomic E-state index is -0.0884. The number of aryl methyl sites for hydroxylation is 1. The number of fused-ring (bicyclic) bond motifs is 1. The Balaban J connectivity index is 1.28. The summed E-state index contributed by atoms with van der Waals surface area (Å²) in [6.07, 6.45) is 5.92. The molecule has 1 saturated heterocycles. The molecular formula is C24H26N6O. The van der Waals surface area contributed by atoms with Crippen LogP contribution in [0.1, 0.15) is 24.8 Å². The van der Waals surface area contributed by atoms with Crippen molar-refractivity contribution in [2.45, 2.75) is 31.7 Å². The highest BCUT2D eigenvalue weighted by Gasteiger charge is 2.21. The van der Waals surface area contributed by atoms with Gasteiger partial charge in [0.25, 0.3) is 0 Å². The monoisotopic (exact) mass is 414 g/mol. The van der Waals surface area contributed by atoms with Gasteiger partial charge >= 0.3 is 0 Å². The number of carbonyl (C=O) groups excluding carboxylic acids is 1. The van der Waals surface area contributed by atoms with Crippen LogP contribution in [0.5, 0.6) is 0 Å². The summed E-state index contributed by atoms with van der Waals surface area (Å²) in [4.78, 5) is 21.3. The van der Waals surface area contributed by atoms with Crippen molar-refractivity contribution < 1.29 is 4.79 Å². The van der Waals surface area contributed by atoms with E-state index in [0.717, 1.165) is 61.4 Å². The molecule has 0 spiro atoms. The van der Waals surface area contributed by atoms with Crippen molar-refractivity contribution in [3.05, 3.63) is 60.3 Å². The smallest absolute Gasteiger partial charge is 0.241 e. The Morgan fingerprint density at radius 2 is 1.87 bits per heavy atom. The Labute approximate surface area is 181 Å². The minimum Gasteiger partial charge on any atom is -0.385 e. The van der Waals surface area contributed by atoms with Gasteiger partial charge in [0, 0.05) is 35.4 Å². The summed E-state index contributed by atoms with van der Waals surface area (Å²) < 4.78 is 0. The molecule has 3 heterocycles. The van der Waals surface area contributed by atoms with E-state index in [1.54, 1.807) is 6.20 Å². The number of nitrogens with one attached hydrogen (secondary N) is 4. The number of anilines is 4. The molecule has 1 fully saturated rings. The molecule has 1 aromatic heterocycles. The molecule has 2 aliphatic rings. The molecule has 5 rings (SSSR count). The quantitative estimate of drug-likeness (QED) is 0.506. The third kappa shape index (κ3) is 4.51. The van der Waals surface area contributed by atoms with Crippen molar-refractivity contribution in [3.63, 3.8) is 0 Å². The second-order valence-electron chi connectivity index (χ2n) is 8.01. The van der Waals surface area contributed by atoms with Crippen LogP contribution < -0.4 is 21.3 Å². The number of hydrogen-bond acceptors (Lipinski definition) is 6. The first kappa shape index (κ1) is 19.5. The van der Waals surface area contributed by atoms with Gasteiger partial charge in [0.1, 0.15) is 0 Å². The van der Waals surface area contributed by atoms with Gasteiger partial charge in [0.2, 0.25) is 11.9 Å². The van der Waals surface area contributed by atoms with Crippen LogP contribution in [0.3, 0.4) is 0 Å². The average molecular weight is 415 g/mol. The molecule has 0 radical (unpaired) electrons. The second kappa shape index (κ2) is 8.73. The van der Waals surface area contributed by atoms with Gasteiger partial charge in [0.05, 0.1) is 11.7 Å². The summed E-state index contributed by atoms with van der Waals surface area (Å²) in [7, 11) is 0. The average Bonchev–Trinajstić information content (AvgIpc) is 3.35. The Hall–Kier alpha value is -3.45. The van der Waals surface area contributed by atoms with Gasteiger partial charge in [0.15, 0.2) is 0 Å². The molecule has 0 saturated carbocycles. The molecule has 2 aliphatic heterocycles. The Morgan fingerprint density at radius 1 is 1.00 bits per heavy atom. The number of amides is 1. The molecule has 2 aromatic carbocycles. The summed E-state index contributed by atoms with van der Waals surface area (Å²) in [5.74, 6) is 0.588. The van der Waals surface area contributed by atoms with Crippen LogP contribution in [-0.2, 0) is 11.2 Å². The third-order valence-electron chi connectivity index (χ3n) is 5.78. The lowest BCUT2D eigenvalue weighted by molar-refractivity contribution is -0.117. The van der Waals surface area contributed by atoms with Crippen molar-refractivity contribution in [2.24, 2.45) is 0 Å². The summed E-state index contributed by atoms with van der Waals surface area (Å²) in [5.41, 5.74) is 6.10. The summed E-state index contributed by atoms with van der Waals surface area (Å²) in [6.45, 7) is 1.94.